The van der Waals surface area contributed by atoms with Crippen molar-refractivity contribution >= 4 is 28.6 Å². The fraction of sp³-hybridized carbons (Fsp3) is 0.439. The standard InChI is InChI=1S/C41H52N6O5/c1-27(2)37(45-38(49)33-19-18-29-15-9-10-17-32(29)43-33)40(51)44-34(23-28-13-7-6-8-14-28)36(48)25-47-22-20-31(52-26-30-16-11-12-21-42-30)24-35(47)39(50)46-41(3,4)5/h6-19,21,27,31,34-37,48H,20,22-26H2,1-5H3,(H,44,51)(H,45,49)(H,46,50)/t31?,34?,35?,36?,37-/m0/s1. The highest BCUT2D eigenvalue weighted by atomic mass is 16.5. The molecule has 5 rings (SSSR count). The number of nitrogens with zero attached hydrogens (tertiary/aromatic N) is 3. The summed E-state index contributed by atoms with van der Waals surface area (Å²) in [5.74, 6) is -1.26. The predicted molar refractivity (Wildman–Crippen MR) is 201 cm³/mol. The van der Waals surface area contributed by atoms with E-state index in [2.05, 4.69) is 25.9 Å². The molecular weight excluding hydrogens is 656 g/mol. The van der Waals surface area contributed by atoms with E-state index >= 15 is 0 Å². The summed E-state index contributed by atoms with van der Waals surface area (Å²) in [5, 5.41) is 21.9. The van der Waals surface area contributed by atoms with E-state index in [0.29, 0.717) is 37.9 Å². The number of rotatable bonds is 14. The Labute approximate surface area is 306 Å². The van der Waals surface area contributed by atoms with Crippen molar-refractivity contribution in [2.45, 2.75) is 96.4 Å². The van der Waals surface area contributed by atoms with E-state index in [1.165, 1.54) is 0 Å². The summed E-state index contributed by atoms with van der Waals surface area (Å²) < 4.78 is 6.22. The van der Waals surface area contributed by atoms with Gasteiger partial charge in [0.25, 0.3) is 5.91 Å². The van der Waals surface area contributed by atoms with Crippen molar-refractivity contribution < 1.29 is 24.2 Å². The molecule has 0 aliphatic carbocycles. The largest absolute Gasteiger partial charge is 0.390 e. The molecular formula is C41H52N6O5. The van der Waals surface area contributed by atoms with Gasteiger partial charge in [0.1, 0.15) is 11.7 Å². The summed E-state index contributed by atoms with van der Waals surface area (Å²) in [4.78, 5) is 51.9. The third-order valence-electron chi connectivity index (χ3n) is 9.24. The van der Waals surface area contributed by atoms with E-state index in [1.807, 2.05) is 118 Å². The third-order valence-corrected chi connectivity index (χ3v) is 9.24. The number of aliphatic hydroxyl groups excluding tert-OH is 1. The third kappa shape index (κ3) is 10.9. The Balaban J connectivity index is 1.31. The molecule has 1 aliphatic rings. The molecule has 4 unspecified atom stereocenters. The highest BCUT2D eigenvalue weighted by Gasteiger charge is 2.38. The van der Waals surface area contributed by atoms with Gasteiger partial charge in [0.05, 0.1) is 42.1 Å². The van der Waals surface area contributed by atoms with Crippen LogP contribution < -0.4 is 16.0 Å². The van der Waals surface area contributed by atoms with E-state index in [0.717, 1.165) is 16.6 Å². The van der Waals surface area contributed by atoms with Crippen LogP contribution in [0.15, 0.2) is 91.1 Å². The zero-order valence-corrected chi connectivity index (χ0v) is 30.8. The van der Waals surface area contributed by atoms with Crippen LogP contribution in [-0.2, 0) is 27.4 Å². The lowest BCUT2D eigenvalue weighted by atomic mass is 9.94. The van der Waals surface area contributed by atoms with Crippen molar-refractivity contribution in [3.8, 4) is 0 Å². The number of ether oxygens (including phenoxy) is 1. The highest BCUT2D eigenvalue weighted by molar-refractivity contribution is 5.98. The van der Waals surface area contributed by atoms with Crippen LogP contribution in [0.5, 0.6) is 0 Å². The number of piperidine rings is 1. The lowest BCUT2D eigenvalue weighted by molar-refractivity contribution is -0.134. The molecule has 3 amide bonds. The Kier molecular flexibility index (Phi) is 13.1. The molecule has 1 saturated heterocycles. The average Bonchev–Trinajstić information content (AvgIpc) is 3.12. The lowest BCUT2D eigenvalue weighted by Crippen LogP contribution is -2.60. The van der Waals surface area contributed by atoms with Crippen LogP contribution in [0.2, 0.25) is 0 Å². The number of hydrogen-bond donors (Lipinski definition) is 4. The predicted octanol–water partition coefficient (Wildman–Crippen LogP) is 4.44. The number of nitrogens with one attached hydrogen (secondary N) is 3. The summed E-state index contributed by atoms with van der Waals surface area (Å²) in [6.07, 6.45) is 1.98. The minimum atomic E-state index is -1.04. The summed E-state index contributed by atoms with van der Waals surface area (Å²) in [6, 6.07) is 24.2. The zero-order chi connectivity index (χ0) is 37.3. The normalized spacial score (nSPS) is 18.4. The molecule has 0 bridgehead atoms. The Bertz CT molecular complexity index is 1780. The molecule has 0 radical (unpaired) electrons. The molecule has 1 aliphatic heterocycles. The van der Waals surface area contributed by atoms with Gasteiger partial charge in [0.15, 0.2) is 0 Å². The van der Waals surface area contributed by atoms with Gasteiger partial charge >= 0.3 is 0 Å². The van der Waals surface area contributed by atoms with Crippen molar-refractivity contribution in [1.29, 1.82) is 0 Å². The van der Waals surface area contributed by atoms with Gasteiger partial charge in [-0.3, -0.25) is 24.3 Å². The quantitative estimate of drug-likeness (QED) is 0.151. The van der Waals surface area contributed by atoms with Gasteiger partial charge in [-0.15, -0.1) is 0 Å². The topological polar surface area (TPSA) is 146 Å². The zero-order valence-electron chi connectivity index (χ0n) is 30.8. The number of hydrogen-bond acceptors (Lipinski definition) is 8. The maximum absolute atomic E-state index is 14.0. The molecule has 11 heteroatoms. The monoisotopic (exact) mass is 708 g/mol. The van der Waals surface area contributed by atoms with Crippen LogP contribution in [0.1, 0.15) is 69.2 Å². The second-order valence-electron chi connectivity index (χ2n) is 15.0. The molecule has 2 aromatic carbocycles. The number of pyridine rings is 2. The fourth-order valence-electron chi connectivity index (χ4n) is 6.50. The summed E-state index contributed by atoms with van der Waals surface area (Å²) in [5.41, 5.74) is 2.20. The first kappa shape index (κ1) is 38.5. The average molecular weight is 709 g/mol. The molecule has 5 atom stereocenters. The van der Waals surface area contributed by atoms with Crippen molar-refractivity contribution in [2.24, 2.45) is 5.92 Å². The second kappa shape index (κ2) is 17.7. The number of aliphatic hydroxyl groups is 1. The molecule has 0 saturated carbocycles. The van der Waals surface area contributed by atoms with Gasteiger partial charge in [-0.25, -0.2) is 4.98 Å². The molecule has 4 N–H and O–H groups in total. The number of amides is 3. The SMILES string of the molecule is CC(C)[C@H](NC(=O)c1ccc2ccccc2n1)C(=O)NC(Cc1ccccc1)C(O)CN1CCC(OCc2ccccn2)CC1C(=O)NC(C)(C)C. The van der Waals surface area contributed by atoms with Crippen LogP contribution in [0, 0.1) is 5.92 Å². The number of fused-ring (bicyclic) bond motifs is 1. The summed E-state index contributed by atoms with van der Waals surface area (Å²) in [6.45, 7) is 10.5. The molecule has 276 valence electrons. The van der Waals surface area contributed by atoms with E-state index < -0.39 is 41.6 Å². The minimum absolute atomic E-state index is 0.139. The summed E-state index contributed by atoms with van der Waals surface area (Å²) in [7, 11) is 0. The van der Waals surface area contributed by atoms with Crippen molar-refractivity contribution in [3.05, 3.63) is 108 Å². The smallest absolute Gasteiger partial charge is 0.270 e. The molecule has 0 spiro atoms. The van der Waals surface area contributed by atoms with Gasteiger partial charge in [0, 0.05) is 30.2 Å². The van der Waals surface area contributed by atoms with Crippen LogP contribution in [0.4, 0.5) is 0 Å². The van der Waals surface area contributed by atoms with E-state index in [-0.39, 0.29) is 30.2 Å². The first-order chi connectivity index (χ1) is 24.9. The Morgan fingerprint density at radius 1 is 0.942 bits per heavy atom. The number of carbonyl (C=O) groups is 3. The van der Waals surface area contributed by atoms with Gasteiger partial charge in [0.2, 0.25) is 11.8 Å². The van der Waals surface area contributed by atoms with E-state index in [1.54, 1.807) is 12.3 Å². The molecule has 1 fully saturated rings. The number of β-amino-alcohol motifs (C(OH)–C–C–N with tert-alkyl or cyclic N) is 1. The van der Waals surface area contributed by atoms with Crippen molar-refractivity contribution in [2.75, 3.05) is 13.1 Å². The van der Waals surface area contributed by atoms with Crippen LogP contribution >= 0.6 is 0 Å². The molecule has 11 nitrogen and oxygen atoms in total. The first-order valence-corrected chi connectivity index (χ1v) is 18.1. The van der Waals surface area contributed by atoms with Gasteiger partial charge in [-0.05, 0) is 75.8 Å². The minimum Gasteiger partial charge on any atom is -0.390 e. The Morgan fingerprint density at radius 3 is 2.38 bits per heavy atom. The number of likely N-dealkylation sites (tertiary alicyclic amines) is 1. The molecule has 3 heterocycles. The summed E-state index contributed by atoms with van der Waals surface area (Å²) >= 11 is 0. The van der Waals surface area contributed by atoms with Crippen LogP contribution in [0.3, 0.4) is 0 Å². The number of para-hydroxylation sites is 1. The lowest BCUT2D eigenvalue weighted by Gasteiger charge is -2.41. The number of benzene rings is 2. The van der Waals surface area contributed by atoms with E-state index in [4.69, 9.17) is 4.74 Å². The van der Waals surface area contributed by atoms with Gasteiger partial charge in [-0.1, -0.05) is 74.5 Å². The van der Waals surface area contributed by atoms with Crippen LogP contribution in [-0.4, -0.2) is 86.7 Å². The number of aromatic nitrogens is 2. The van der Waals surface area contributed by atoms with Gasteiger partial charge < -0.3 is 25.8 Å². The highest BCUT2D eigenvalue weighted by Crippen LogP contribution is 2.24. The fourth-order valence-corrected chi connectivity index (χ4v) is 6.50. The number of carbonyl (C=O) groups excluding carboxylic acids is 3. The molecule has 4 aromatic rings. The van der Waals surface area contributed by atoms with E-state index in [9.17, 15) is 19.5 Å². The molecule has 52 heavy (non-hydrogen) atoms. The van der Waals surface area contributed by atoms with Crippen LogP contribution in [0.25, 0.3) is 10.9 Å². The molecule has 2 aromatic heterocycles. The maximum Gasteiger partial charge on any atom is 0.270 e. The maximum atomic E-state index is 14.0. The van der Waals surface area contributed by atoms with Crippen molar-refractivity contribution in [1.82, 2.24) is 30.8 Å². The van der Waals surface area contributed by atoms with Gasteiger partial charge in [-0.2, -0.15) is 0 Å². The first-order valence-electron chi connectivity index (χ1n) is 18.1. The Morgan fingerprint density at radius 2 is 1.67 bits per heavy atom. The van der Waals surface area contributed by atoms with Crippen molar-refractivity contribution in [3.63, 3.8) is 0 Å². The second-order valence-corrected chi connectivity index (χ2v) is 15.0. The Hall–Kier alpha value is -4.71.